The predicted molar refractivity (Wildman–Crippen MR) is 87.9 cm³/mol. The fourth-order valence-corrected chi connectivity index (χ4v) is 3.15. The third kappa shape index (κ3) is 5.08. The van der Waals surface area contributed by atoms with E-state index in [1.54, 1.807) is 25.1 Å². The smallest absolute Gasteiger partial charge is 0.234 e. The Bertz CT molecular complexity index is 730. The first-order valence-electron chi connectivity index (χ1n) is 6.34. The highest BCUT2D eigenvalue weighted by atomic mass is 79.9. The summed E-state index contributed by atoms with van der Waals surface area (Å²) in [6.45, 7) is 1.80. The highest BCUT2D eigenvalue weighted by Crippen LogP contribution is 2.13. The van der Waals surface area contributed by atoms with Crippen LogP contribution < -0.4 is 4.72 Å². The zero-order chi connectivity index (χ0) is 15.3. The van der Waals surface area contributed by atoms with Gasteiger partial charge in [-0.3, -0.25) is 0 Å². The molecule has 0 saturated carbocycles. The Balaban J connectivity index is 2.09. The van der Waals surface area contributed by atoms with Crippen molar-refractivity contribution in [3.05, 3.63) is 69.8 Å². The molecule has 0 fully saturated rings. The van der Waals surface area contributed by atoms with Gasteiger partial charge in [0.25, 0.3) is 0 Å². The van der Waals surface area contributed by atoms with Crippen molar-refractivity contribution in [3.63, 3.8) is 0 Å². The first-order chi connectivity index (χ1) is 9.96. The topological polar surface area (TPSA) is 59.1 Å². The van der Waals surface area contributed by atoms with Crippen LogP contribution in [0.1, 0.15) is 24.2 Å². The lowest BCUT2D eigenvalue weighted by Crippen LogP contribution is -2.24. The Morgan fingerprint density at radius 1 is 1.14 bits per heavy atom. The molecule has 110 valence electrons. The van der Waals surface area contributed by atoms with Crippen LogP contribution in [0.15, 0.2) is 58.5 Å². The molecule has 6 heteroatoms. The number of nitrogens with zero attached hydrogens (tertiary/aromatic N) is 1. The number of hydrogen-bond donors (Lipinski definition) is 1. The second-order valence-corrected chi connectivity index (χ2v) is 6.89. The first kappa shape index (κ1) is 15.9. The number of hydrogen-bond acceptors (Lipinski definition) is 3. The maximum absolute atomic E-state index is 12.0. The van der Waals surface area contributed by atoms with Gasteiger partial charge in [-0.15, -0.1) is 0 Å². The van der Waals surface area contributed by atoms with Crippen LogP contribution in [0.5, 0.6) is 0 Å². The molecule has 1 N–H and O–H groups in total. The molecular weight excluding hydrogens is 352 g/mol. The zero-order valence-corrected chi connectivity index (χ0v) is 13.8. The fraction of sp³-hybridized carbons (Fsp3) is 0.133. The summed E-state index contributed by atoms with van der Waals surface area (Å²) in [6.07, 6.45) is 1.46. The van der Waals surface area contributed by atoms with E-state index >= 15 is 0 Å². The van der Waals surface area contributed by atoms with Gasteiger partial charge in [-0.05, 0) is 46.6 Å². The van der Waals surface area contributed by atoms with Crippen molar-refractivity contribution in [1.82, 2.24) is 9.71 Å². The molecule has 4 nitrogen and oxygen atoms in total. The van der Waals surface area contributed by atoms with Crippen molar-refractivity contribution in [2.45, 2.75) is 13.0 Å². The van der Waals surface area contributed by atoms with Gasteiger partial charge in [0.2, 0.25) is 10.0 Å². The van der Waals surface area contributed by atoms with Gasteiger partial charge in [-0.25, -0.2) is 18.1 Å². The average Bonchev–Trinajstić information content (AvgIpc) is 2.46. The molecule has 1 atom stereocenters. The molecule has 2 aromatic rings. The number of sulfonamides is 1. The minimum Gasteiger partial charge on any atom is -0.242 e. The van der Waals surface area contributed by atoms with E-state index < -0.39 is 10.0 Å². The minimum atomic E-state index is -3.53. The maximum atomic E-state index is 12.0. The second kappa shape index (κ2) is 6.98. The Morgan fingerprint density at radius 3 is 2.52 bits per heavy atom. The maximum Gasteiger partial charge on any atom is 0.234 e. The van der Waals surface area contributed by atoms with Crippen molar-refractivity contribution in [2.24, 2.45) is 0 Å². The molecule has 0 saturated heterocycles. The monoisotopic (exact) mass is 366 g/mol. The van der Waals surface area contributed by atoms with Crippen molar-refractivity contribution in [3.8, 4) is 0 Å². The molecule has 1 heterocycles. The summed E-state index contributed by atoms with van der Waals surface area (Å²) < 4.78 is 27.3. The van der Waals surface area contributed by atoms with Crippen LogP contribution in [0.2, 0.25) is 0 Å². The van der Waals surface area contributed by atoms with E-state index in [9.17, 15) is 8.42 Å². The molecule has 1 aromatic heterocycles. The standard InChI is InChI=1S/C15H15BrN2O2S/c1-12(13-6-3-2-4-7-13)18-21(19,20)11-10-14-8-5-9-15(16)17-14/h2-12,18H,1H3/b11-10+. The summed E-state index contributed by atoms with van der Waals surface area (Å²) in [4.78, 5) is 4.15. The summed E-state index contributed by atoms with van der Waals surface area (Å²) in [5.41, 5.74) is 1.48. The zero-order valence-electron chi connectivity index (χ0n) is 11.4. The van der Waals surface area contributed by atoms with Gasteiger partial charge in [0, 0.05) is 11.4 Å². The Hall–Kier alpha value is -1.50. The number of aromatic nitrogens is 1. The van der Waals surface area contributed by atoms with Crippen molar-refractivity contribution in [2.75, 3.05) is 0 Å². The Morgan fingerprint density at radius 2 is 1.86 bits per heavy atom. The average molecular weight is 367 g/mol. The van der Waals surface area contributed by atoms with Gasteiger partial charge < -0.3 is 0 Å². The molecule has 0 radical (unpaired) electrons. The molecular formula is C15H15BrN2O2S. The quantitative estimate of drug-likeness (QED) is 0.823. The van der Waals surface area contributed by atoms with Crippen LogP contribution in [0, 0.1) is 0 Å². The SMILES string of the molecule is CC(NS(=O)(=O)/C=C/c1cccc(Br)n1)c1ccccc1. The number of pyridine rings is 1. The minimum absolute atomic E-state index is 0.295. The van der Waals surface area contributed by atoms with Crippen LogP contribution in [-0.2, 0) is 10.0 Å². The molecule has 2 rings (SSSR count). The lowest BCUT2D eigenvalue weighted by Gasteiger charge is -2.12. The Kier molecular flexibility index (Phi) is 5.27. The third-order valence-corrected chi connectivity index (χ3v) is 4.41. The van der Waals surface area contributed by atoms with Crippen LogP contribution >= 0.6 is 15.9 Å². The van der Waals surface area contributed by atoms with Crippen LogP contribution in [0.4, 0.5) is 0 Å². The Labute approximate surface area is 133 Å². The fourth-order valence-electron chi connectivity index (χ4n) is 1.77. The van der Waals surface area contributed by atoms with E-state index in [1.807, 2.05) is 30.3 Å². The molecule has 0 spiro atoms. The lowest BCUT2D eigenvalue weighted by molar-refractivity contribution is 0.576. The lowest BCUT2D eigenvalue weighted by atomic mass is 10.1. The molecule has 0 aliphatic heterocycles. The van der Waals surface area contributed by atoms with E-state index in [-0.39, 0.29) is 6.04 Å². The van der Waals surface area contributed by atoms with E-state index in [0.717, 1.165) is 11.0 Å². The molecule has 1 unspecified atom stereocenters. The van der Waals surface area contributed by atoms with Crippen LogP contribution in [0.25, 0.3) is 6.08 Å². The van der Waals surface area contributed by atoms with Gasteiger partial charge in [0.1, 0.15) is 4.60 Å². The van der Waals surface area contributed by atoms with E-state index in [0.29, 0.717) is 10.3 Å². The van der Waals surface area contributed by atoms with Gasteiger partial charge in [-0.2, -0.15) is 0 Å². The van der Waals surface area contributed by atoms with Gasteiger partial charge in [0.05, 0.1) is 5.69 Å². The van der Waals surface area contributed by atoms with Crippen molar-refractivity contribution < 1.29 is 8.42 Å². The van der Waals surface area contributed by atoms with Gasteiger partial charge >= 0.3 is 0 Å². The molecule has 21 heavy (non-hydrogen) atoms. The molecule has 0 aliphatic carbocycles. The van der Waals surface area contributed by atoms with Gasteiger partial charge in [-0.1, -0.05) is 36.4 Å². The van der Waals surface area contributed by atoms with E-state index in [2.05, 4.69) is 25.6 Å². The largest absolute Gasteiger partial charge is 0.242 e. The molecule has 0 amide bonds. The summed E-state index contributed by atoms with van der Waals surface area (Å²) in [6, 6.07) is 14.4. The molecule has 0 aliphatic rings. The number of nitrogens with one attached hydrogen (secondary N) is 1. The van der Waals surface area contributed by atoms with Crippen LogP contribution in [-0.4, -0.2) is 13.4 Å². The summed E-state index contributed by atoms with van der Waals surface area (Å²) >= 11 is 3.24. The summed E-state index contributed by atoms with van der Waals surface area (Å²) in [5.74, 6) is 0. The summed E-state index contributed by atoms with van der Waals surface area (Å²) in [5, 5.41) is 1.13. The van der Waals surface area contributed by atoms with Crippen molar-refractivity contribution in [1.29, 1.82) is 0 Å². The molecule has 0 bridgehead atoms. The van der Waals surface area contributed by atoms with Crippen molar-refractivity contribution >= 4 is 32.0 Å². The van der Waals surface area contributed by atoms with E-state index in [1.165, 1.54) is 6.08 Å². The number of rotatable bonds is 5. The summed E-state index contributed by atoms with van der Waals surface area (Å²) in [7, 11) is -3.53. The van der Waals surface area contributed by atoms with Crippen LogP contribution in [0.3, 0.4) is 0 Å². The second-order valence-electron chi connectivity index (χ2n) is 4.48. The number of halogens is 1. The highest BCUT2D eigenvalue weighted by molar-refractivity contribution is 9.10. The third-order valence-electron chi connectivity index (χ3n) is 2.80. The molecule has 1 aromatic carbocycles. The van der Waals surface area contributed by atoms with Gasteiger partial charge in [0.15, 0.2) is 0 Å². The van der Waals surface area contributed by atoms with E-state index in [4.69, 9.17) is 0 Å². The predicted octanol–water partition coefficient (Wildman–Crippen LogP) is 3.50. The highest BCUT2D eigenvalue weighted by Gasteiger charge is 2.12. The first-order valence-corrected chi connectivity index (χ1v) is 8.68. The normalized spacial score (nSPS) is 13.4. The number of benzene rings is 1.